The molecule has 2 aromatic rings. The molecule has 0 bridgehead atoms. The van der Waals surface area contributed by atoms with Crippen molar-refractivity contribution in [3.8, 4) is 11.5 Å². The zero-order valence-electron chi connectivity index (χ0n) is 8.85. The van der Waals surface area contributed by atoms with Crippen LogP contribution >= 0.6 is 11.6 Å². The third-order valence-electron chi connectivity index (χ3n) is 2.04. The summed E-state index contributed by atoms with van der Waals surface area (Å²) in [5.41, 5.74) is 5.72. The minimum atomic E-state index is -0.0701. The number of ether oxygens (including phenoxy) is 1. The van der Waals surface area contributed by atoms with Gasteiger partial charge < -0.3 is 10.5 Å². The lowest BCUT2D eigenvalue weighted by atomic mass is 10.3. The van der Waals surface area contributed by atoms with Crippen LogP contribution in [0.4, 0.5) is 0 Å². The Hall–Kier alpha value is -2.07. The van der Waals surface area contributed by atoms with E-state index in [9.17, 15) is 0 Å². The van der Waals surface area contributed by atoms with E-state index in [1.54, 1.807) is 36.4 Å². The number of nitrogen functional groups attached to an aromatic ring is 1. The number of rotatable bonds is 3. The molecule has 2 rings (SSSR count). The van der Waals surface area contributed by atoms with E-state index in [1.807, 2.05) is 0 Å². The number of pyridine rings is 1. The van der Waals surface area contributed by atoms with Gasteiger partial charge in [-0.3, -0.25) is 5.41 Å². The van der Waals surface area contributed by atoms with Crippen LogP contribution in [0.2, 0.25) is 5.02 Å². The molecular weight excluding hydrogens is 238 g/mol. The highest BCUT2D eigenvalue weighted by molar-refractivity contribution is 6.30. The number of nitrogens with zero attached hydrogens (tertiary/aromatic N) is 1. The van der Waals surface area contributed by atoms with Crippen molar-refractivity contribution in [1.29, 1.82) is 5.41 Å². The van der Waals surface area contributed by atoms with Gasteiger partial charge in [0.15, 0.2) is 0 Å². The lowest BCUT2D eigenvalue weighted by Gasteiger charge is -2.05. The van der Waals surface area contributed by atoms with Crippen LogP contribution in [-0.4, -0.2) is 10.8 Å². The van der Waals surface area contributed by atoms with Crippen molar-refractivity contribution in [2.75, 3.05) is 0 Å². The van der Waals surface area contributed by atoms with Crippen LogP contribution in [-0.2, 0) is 0 Å². The lowest BCUT2D eigenvalue weighted by molar-refractivity contribution is 0.480. The van der Waals surface area contributed by atoms with Gasteiger partial charge in [0.1, 0.15) is 23.0 Å². The van der Waals surface area contributed by atoms with Crippen molar-refractivity contribution < 1.29 is 4.74 Å². The Morgan fingerprint density at radius 2 is 2.06 bits per heavy atom. The average Bonchev–Trinajstić information content (AvgIpc) is 2.29. The normalized spacial score (nSPS) is 9.94. The molecule has 1 heterocycles. The topological polar surface area (TPSA) is 72.0 Å². The first-order valence-corrected chi connectivity index (χ1v) is 5.27. The molecule has 0 spiro atoms. The number of amidine groups is 1. The second-order valence-electron chi connectivity index (χ2n) is 3.35. The summed E-state index contributed by atoms with van der Waals surface area (Å²) in [7, 11) is 0. The Kier molecular flexibility index (Phi) is 3.25. The van der Waals surface area contributed by atoms with Crippen LogP contribution in [0.1, 0.15) is 5.69 Å². The van der Waals surface area contributed by atoms with Crippen molar-refractivity contribution in [2.24, 2.45) is 5.73 Å². The summed E-state index contributed by atoms with van der Waals surface area (Å²) in [6, 6.07) is 10.4. The summed E-state index contributed by atoms with van der Waals surface area (Å²) >= 11 is 5.84. The molecule has 5 heteroatoms. The third-order valence-corrected chi connectivity index (χ3v) is 2.28. The molecule has 0 unspecified atom stereocenters. The second kappa shape index (κ2) is 4.84. The first-order chi connectivity index (χ1) is 8.15. The Bertz CT molecular complexity index is 540. The minimum Gasteiger partial charge on any atom is -0.456 e. The minimum absolute atomic E-state index is 0.0701. The Morgan fingerprint density at radius 1 is 1.24 bits per heavy atom. The molecule has 3 N–H and O–H groups in total. The van der Waals surface area contributed by atoms with Crippen molar-refractivity contribution >= 4 is 17.4 Å². The van der Waals surface area contributed by atoms with Crippen molar-refractivity contribution in [3.05, 3.63) is 53.3 Å². The van der Waals surface area contributed by atoms with Gasteiger partial charge in [0.2, 0.25) is 0 Å². The van der Waals surface area contributed by atoms with E-state index >= 15 is 0 Å². The zero-order valence-corrected chi connectivity index (χ0v) is 9.61. The largest absolute Gasteiger partial charge is 0.456 e. The van der Waals surface area contributed by atoms with Gasteiger partial charge in [-0.2, -0.15) is 0 Å². The molecule has 86 valence electrons. The van der Waals surface area contributed by atoms with Crippen LogP contribution in [0, 0.1) is 5.41 Å². The Morgan fingerprint density at radius 3 is 2.65 bits per heavy atom. The summed E-state index contributed by atoms with van der Waals surface area (Å²) < 4.78 is 5.54. The van der Waals surface area contributed by atoms with E-state index in [0.29, 0.717) is 22.2 Å². The van der Waals surface area contributed by atoms with Gasteiger partial charge >= 0.3 is 0 Å². The van der Waals surface area contributed by atoms with Crippen molar-refractivity contribution in [3.63, 3.8) is 0 Å². The van der Waals surface area contributed by atoms with Gasteiger partial charge in [-0.15, -0.1) is 0 Å². The van der Waals surface area contributed by atoms with E-state index in [1.165, 1.54) is 6.20 Å². The summed E-state index contributed by atoms with van der Waals surface area (Å²) in [6.45, 7) is 0. The summed E-state index contributed by atoms with van der Waals surface area (Å²) in [4.78, 5) is 3.99. The fourth-order valence-corrected chi connectivity index (χ4v) is 1.45. The maximum atomic E-state index is 7.21. The number of halogens is 1. The number of benzene rings is 1. The van der Waals surface area contributed by atoms with Crippen molar-refractivity contribution in [1.82, 2.24) is 4.98 Å². The molecule has 0 aliphatic carbocycles. The fraction of sp³-hybridized carbons (Fsp3) is 0. The van der Waals surface area contributed by atoms with E-state index in [4.69, 9.17) is 27.5 Å². The lowest BCUT2D eigenvalue weighted by Crippen LogP contribution is -2.12. The predicted molar refractivity (Wildman–Crippen MR) is 66.8 cm³/mol. The molecule has 1 aromatic carbocycles. The first kappa shape index (κ1) is 11.4. The molecule has 0 atom stereocenters. The van der Waals surface area contributed by atoms with Crippen LogP contribution in [0.3, 0.4) is 0 Å². The second-order valence-corrected chi connectivity index (χ2v) is 3.79. The Labute approximate surface area is 104 Å². The molecule has 0 saturated heterocycles. The zero-order chi connectivity index (χ0) is 12.3. The van der Waals surface area contributed by atoms with Gasteiger partial charge in [0.25, 0.3) is 0 Å². The van der Waals surface area contributed by atoms with Gasteiger partial charge in [0, 0.05) is 5.02 Å². The van der Waals surface area contributed by atoms with Crippen LogP contribution < -0.4 is 10.5 Å². The highest BCUT2D eigenvalue weighted by Crippen LogP contribution is 2.23. The van der Waals surface area contributed by atoms with Crippen LogP contribution in [0.5, 0.6) is 11.5 Å². The highest BCUT2D eigenvalue weighted by atomic mass is 35.5. The smallest absolute Gasteiger partial charge is 0.145 e. The molecule has 0 radical (unpaired) electrons. The number of nitrogens with one attached hydrogen (secondary N) is 1. The quantitative estimate of drug-likeness (QED) is 0.647. The maximum absolute atomic E-state index is 7.21. The monoisotopic (exact) mass is 247 g/mol. The van der Waals surface area contributed by atoms with Crippen LogP contribution in [0.15, 0.2) is 42.6 Å². The molecular formula is C12H10ClN3O. The summed E-state index contributed by atoms with van der Waals surface area (Å²) in [5, 5.41) is 7.82. The number of hydrogen-bond donors (Lipinski definition) is 2. The SMILES string of the molecule is N=C(N)c1ccc(Oc2cccc(Cl)c2)cn1. The number of hydrogen-bond acceptors (Lipinski definition) is 3. The number of nitrogens with two attached hydrogens (primary N) is 1. The van der Waals surface area contributed by atoms with E-state index in [2.05, 4.69) is 4.98 Å². The Balaban J connectivity index is 2.16. The standard InChI is InChI=1S/C12H10ClN3O/c13-8-2-1-3-9(6-8)17-10-4-5-11(12(14)15)16-7-10/h1-7H,(H3,14,15). The highest BCUT2D eigenvalue weighted by Gasteiger charge is 2.01. The molecule has 1 aromatic heterocycles. The maximum Gasteiger partial charge on any atom is 0.145 e. The van der Waals surface area contributed by atoms with Gasteiger partial charge in [-0.25, -0.2) is 4.98 Å². The van der Waals surface area contributed by atoms with Crippen molar-refractivity contribution in [2.45, 2.75) is 0 Å². The van der Waals surface area contributed by atoms with E-state index in [0.717, 1.165) is 0 Å². The third kappa shape index (κ3) is 2.95. The number of aromatic nitrogens is 1. The summed E-state index contributed by atoms with van der Waals surface area (Å²) in [5.74, 6) is 1.13. The molecule has 17 heavy (non-hydrogen) atoms. The van der Waals surface area contributed by atoms with Crippen LogP contribution in [0.25, 0.3) is 0 Å². The van der Waals surface area contributed by atoms with Gasteiger partial charge in [-0.1, -0.05) is 17.7 Å². The molecule has 0 fully saturated rings. The van der Waals surface area contributed by atoms with Gasteiger partial charge in [-0.05, 0) is 30.3 Å². The first-order valence-electron chi connectivity index (χ1n) is 4.89. The molecule has 4 nitrogen and oxygen atoms in total. The molecule has 0 amide bonds. The molecule has 0 aliphatic heterocycles. The predicted octanol–water partition coefficient (Wildman–Crippen LogP) is 2.81. The van der Waals surface area contributed by atoms with Gasteiger partial charge in [0.05, 0.1) is 6.20 Å². The molecule has 0 saturated carbocycles. The van der Waals surface area contributed by atoms with E-state index < -0.39 is 0 Å². The summed E-state index contributed by atoms with van der Waals surface area (Å²) in [6.07, 6.45) is 1.51. The van der Waals surface area contributed by atoms with E-state index in [-0.39, 0.29) is 5.84 Å². The fourth-order valence-electron chi connectivity index (χ4n) is 1.27. The average molecular weight is 248 g/mol. The molecule has 0 aliphatic rings.